The summed E-state index contributed by atoms with van der Waals surface area (Å²) in [6.45, 7) is 3.27. The number of nitrogens with zero attached hydrogens (tertiary/aromatic N) is 1. The van der Waals surface area contributed by atoms with Crippen LogP contribution < -0.4 is 4.74 Å². The fraction of sp³-hybridized carbons (Fsp3) is 0.385. The topological polar surface area (TPSA) is 50.1 Å². The third-order valence-electron chi connectivity index (χ3n) is 2.58. The van der Waals surface area contributed by atoms with Crippen LogP contribution in [0.15, 0.2) is 24.3 Å². The third-order valence-corrected chi connectivity index (χ3v) is 2.58. The number of hydrogen-bond donors (Lipinski definition) is 0. The molecule has 0 fully saturated rings. The Balaban J connectivity index is 3.04. The van der Waals surface area contributed by atoms with Crippen molar-refractivity contribution < 1.29 is 9.53 Å². The molecule has 0 aliphatic heterocycles. The van der Waals surface area contributed by atoms with Crippen LogP contribution in [0.25, 0.3) is 0 Å². The number of rotatable bonds is 4. The van der Waals surface area contributed by atoms with Gasteiger partial charge in [0.15, 0.2) is 0 Å². The lowest BCUT2D eigenvalue weighted by atomic mass is 9.80. The number of hydrogen-bond acceptors (Lipinski definition) is 3. The van der Waals surface area contributed by atoms with Crippen LogP contribution in [0.5, 0.6) is 5.75 Å². The van der Waals surface area contributed by atoms with E-state index in [-0.39, 0.29) is 12.2 Å². The lowest BCUT2D eigenvalue weighted by molar-refractivity contribution is -0.117. The molecule has 84 valence electrons. The molecule has 0 saturated carbocycles. The van der Waals surface area contributed by atoms with Gasteiger partial charge in [-0.15, -0.1) is 0 Å². The van der Waals surface area contributed by atoms with E-state index in [0.717, 1.165) is 11.3 Å². The van der Waals surface area contributed by atoms with Gasteiger partial charge in [-0.25, -0.2) is 0 Å². The van der Waals surface area contributed by atoms with Crippen LogP contribution in [0, 0.1) is 11.3 Å². The minimum atomic E-state index is -0.752. The van der Waals surface area contributed by atoms with Crippen LogP contribution in [0.1, 0.15) is 25.8 Å². The number of ketones is 1. The van der Waals surface area contributed by atoms with E-state index in [1.165, 1.54) is 6.92 Å². The zero-order valence-electron chi connectivity index (χ0n) is 9.78. The number of carbonyl (C=O) groups excluding carboxylic acids is 1. The highest BCUT2D eigenvalue weighted by Crippen LogP contribution is 2.28. The van der Waals surface area contributed by atoms with Gasteiger partial charge in [0.25, 0.3) is 0 Å². The van der Waals surface area contributed by atoms with Gasteiger partial charge in [0.1, 0.15) is 11.5 Å². The smallest absolute Gasteiger partial charge is 0.131 e. The Hall–Kier alpha value is -1.82. The Bertz CT molecular complexity index is 417. The fourth-order valence-corrected chi connectivity index (χ4v) is 1.66. The summed E-state index contributed by atoms with van der Waals surface area (Å²) in [7, 11) is 1.59. The van der Waals surface area contributed by atoms with Gasteiger partial charge < -0.3 is 4.74 Å². The summed E-state index contributed by atoms with van der Waals surface area (Å²) < 4.78 is 5.05. The van der Waals surface area contributed by atoms with Crippen LogP contribution in [0.3, 0.4) is 0 Å². The maximum absolute atomic E-state index is 11.1. The molecule has 0 amide bonds. The van der Waals surface area contributed by atoms with Crippen molar-refractivity contribution in [2.45, 2.75) is 25.7 Å². The highest BCUT2D eigenvalue weighted by Gasteiger charge is 2.28. The number of benzene rings is 1. The number of nitriles is 1. The first kappa shape index (κ1) is 12.3. The molecule has 0 saturated heterocycles. The Labute approximate surface area is 95.7 Å². The monoisotopic (exact) mass is 217 g/mol. The van der Waals surface area contributed by atoms with Gasteiger partial charge in [-0.3, -0.25) is 4.79 Å². The van der Waals surface area contributed by atoms with Crippen molar-refractivity contribution in [3.8, 4) is 11.8 Å². The average Bonchev–Trinajstić information content (AvgIpc) is 2.28. The summed E-state index contributed by atoms with van der Waals surface area (Å²) in [5.74, 6) is 0.756. The summed E-state index contributed by atoms with van der Waals surface area (Å²) in [5, 5.41) is 9.18. The van der Waals surface area contributed by atoms with E-state index in [4.69, 9.17) is 4.74 Å². The van der Waals surface area contributed by atoms with Gasteiger partial charge in [-0.05, 0) is 31.5 Å². The van der Waals surface area contributed by atoms with Gasteiger partial charge in [0.2, 0.25) is 0 Å². The van der Waals surface area contributed by atoms with E-state index in [1.54, 1.807) is 26.2 Å². The Kier molecular flexibility index (Phi) is 3.68. The molecular formula is C13H15NO2. The highest BCUT2D eigenvalue weighted by molar-refractivity contribution is 5.77. The molecule has 1 aromatic rings. The second kappa shape index (κ2) is 4.80. The largest absolute Gasteiger partial charge is 0.497 e. The minimum Gasteiger partial charge on any atom is -0.497 e. The van der Waals surface area contributed by atoms with Crippen LogP contribution >= 0.6 is 0 Å². The summed E-state index contributed by atoms with van der Waals surface area (Å²) in [6, 6.07) is 9.44. The molecule has 3 nitrogen and oxygen atoms in total. The van der Waals surface area contributed by atoms with Crippen molar-refractivity contribution >= 4 is 5.78 Å². The number of carbonyl (C=O) groups is 1. The van der Waals surface area contributed by atoms with E-state index < -0.39 is 5.41 Å². The lowest BCUT2D eigenvalue weighted by Crippen LogP contribution is -2.22. The van der Waals surface area contributed by atoms with Gasteiger partial charge in [0.05, 0.1) is 18.6 Å². The van der Waals surface area contributed by atoms with Gasteiger partial charge in [-0.2, -0.15) is 5.26 Å². The third kappa shape index (κ3) is 2.60. The number of Topliss-reactive ketones (excluding diaryl/α,β-unsaturated/α-hetero) is 1. The summed E-state index contributed by atoms with van der Waals surface area (Å²) >= 11 is 0. The Morgan fingerprint density at radius 1 is 1.44 bits per heavy atom. The van der Waals surface area contributed by atoms with Crippen molar-refractivity contribution in [1.82, 2.24) is 0 Å². The maximum atomic E-state index is 11.1. The summed E-state index contributed by atoms with van der Waals surface area (Å²) in [6.07, 6.45) is 0.232. The number of methoxy groups -OCH3 is 1. The van der Waals surface area contributed by atoms with E-state index >= 15 is 0 Å². The van der Waals surface area contributed by atoms with E-state index in [2.05, 4.69) is 6.07 Å². The Morgan fingerprint density at radius 3 is 2.38 bits per heavy atom. The van der Waals surface area contributed by atoms with Crippen molar-refractivity contribution in [1.29, 1.82) is 5.26 Å². The van der Waals surface area contributed by atoms with E-state index in [9.17, 15) is 10.1 Å². The minimum absolute atomic E-state index is 0.0138. The van der Waals surface area contributed by atoms with Crippen LogP contribution in [-0.4, -0.2) is 12.9 Å². The summed E-state index contributed by atoms with van der Waals surface area (Å²) in [5.41, 5.74) is 0.0870. The predicted molar refractivity (Wildman–Crippen MR) is 61.3 cm³/mol. The average molecular weight is 217 g/mol. The van der Waals surface area contributed by atoms with Crippen LogP contribution in [0.2, 0.25) is 0 Å². The molecule has 0 aliphatic rings. The molecule has 0 aromatic heterocycles. The quantitative estimate of drug-likeness (QED) is 0.778. The molecule has 3 heteroatoms. The van der Waals surface area contributed by atoms with Crippen molar-refractivity contribution in [3.63, 3.8) is 0 Å². The highest BCUT2D eigenvalue weighted by atomic mass is 16.5. The molecule has 0 N–H and O–H groups in total. The normalized spacial score (nSPS) is 13.6. The molecule has 0 radical (unpaired) electrons. The molecule has 0 heterocycles. The SMILES string of the molecule is COc1ccc(C(C)(C#N)CC(C)=O)cc1. The Morgan fingerprint density at radius 2 is 2.00 bits per heavy atom. The molecular weight excluding hydrogens is 202 g/mol. The van der Waals surface area contributed by atoms with E-state index in [0.29, 0.717) is 0 Å². The maximum Gasteiger partial charge on any atom is 0.131 e. The standard InChI is InChI=1S/C13H15NO2/c1-10(15)8-13(2,9-14)11-4-6-12(16-3)7-5-11/h4-7H,8H2,1-3H3. The van der Waals surface area contributed by atoms with Crippen molar-refractivity contribution in [3.05, 3.63) is 29.8 Å². The zero-order chi connectivity index (χ0) is 12.2. The zero-order valence-corrected chi connectivity index (χ0v) is 9.78. The second-order valence-electron chi connectivity index (χ2n) is 4.05. The molecule has 16 heavy (non-hydrogen) atoms. The van der Waals surface area contributed by atoms with Gasteiger partial charge in [-0.1, -0.05) is 12.1 Å². The first-order chi connectivity index (χ1) is 7.51. The van der Waals surface area contributed by atoms with Crippen molar-refractivity contribution in [2.24, 2.45) is 0 Å². The number of ether oxygens (including phenoxy) is 1. The summed E-state index contributed by atoms with van der Waals surface area (Å²) in [4.78, 5) is 11.1. The molecule has 0 bridgehead atoms. The first-order valence-corrected chi connectivity index (χ1v) is 5.07. The van der Waals surface area contributed by atoms with Crippen LogP contribution in [-0.2, 0) is 10.2 Å². The fourth-order valence-electron chi connectivity index (χ4n) is 1.66. The predicted octanol–water partition coefficient (Wildman–Crippen LogP) is 2.46. The molecule has 1 unspecified atom stereocenters. The first-order valence-electron chi connectivity index (χ1n) is 5.07. The molecule has 1 rings (SSSR count). The van der Waals surface area contributed by atoms with Gasteiger partial charge in [0, 0.05) is 6.42 Å². The molecule has 0 spiro atoms. The molecule has 1 atom stereocenters. The van der Waals surface area contributed by atoms with Crippen molar-refractivity contribution in [2.75, 3.05) is 7.11 Å². The second-order valence-corrected chi connectivity index (χ2v) is 4.05. The van der Waals surface area contributed by atoms with Crippen LogP contribution in [0.4, 0.5) is 0 Å². The lowest BCUT2D eigenvalue weighted by Gasteiger charge is -2.20. The molecule has 0 aliphatic carbocycles. The molecule has 1 aromatic carbocycles. The van der Waals surface area contributed by atoms with Gasteiger partial charge >= 0.3 is 0 Å². The van der Waals surface area contributed by atoms with E-state index in [1.807, 2.05) is 12.1 Å².